The van der Waals surface area contributed by atoms with Crippen molar-refractivity contribution >= 4 is 17.5 Å². The summed E-state index contributed by atoms with van der Waals surface area (Å²) in [6.45, 7) is 10.7. The first-order valence-electron chi connectivity index (χ1n) is 9.99. The van der Waals surface area contributed by atoms with Gasteiger partial charge in [-0.05, 0) is 55.9 Å². The number of hydrogen-bond acceptors (Lipinski definition) is 3. The normalized spacial score (nSPS) is 13.4. The zero-order valence-corrected chi connectivity index (χ0v) is 17.4. The van der Waals surface area contributed by atoms with Crippen molar-refractivity contribution in [1.29, 1.82) is 0 Å². The predicted molar refractivity (Wildman–Crippen MR) is 119 cm³/mol. The molecule has 3 nitrogen and oxygen atoms in total. The molecule has 0 amide bonds. The Balaban J connectivity index is 2.22. The summed E-state index contributed by atoms with van der Waals surface area (Å²) < 4.78 is 5.58. The number of rotatable bonds is 10. The highest BCUT2D eigenvalue weighted by Crippen LogP contribution is 2.37. The standard InChI is InChI=1S/C24H34N2O/c1-6-24(4,21-13-9-10-14-22(21)26-8-3)17-11-12-19-15-16-20(25-7-2)18-23(19)27-5/h9-16,18,25-26H,6-8,17H2,1-5H3/b12-11+. The van der Waals surface area contributed by atoms with Crippen LogP contribution in [0.4, 0.5) is 11.4 Å². The molecule has 146 valence electrons. The minimum absolute atomic E-state index is 0.0895. The van der Waals surface area contributed by atoms with E-state index in [0.29, 0.717) is 0 Å². The molecule has 3 heteroatoms. The van der Waals surface area contributed by atoms with Crippen LogP contribution in [0.3, 0.4) is 0 Å². The van der Waals surface area contributed by atoms with Gasteiger partial charge in [-0.15, -0.1) is 0 Å². The van der Waals surface area contributed by atoms with Gasteiger partial charge in [0, 0.05) is 36.1 Å². The predicted octanol–water partition coefficient (Wildman–Crippen LogP) is 6.33. The molecule has 2 rings (SSSR count). The summed E-state index contributed by atoms with van der Waals surface area (Å²) in [5, 5.41) is 6.84. The first-order chi connectivity index (χ1) is 13.1. The van der Waals surface area contributed by atoms with Gasteiger partial charge in [-0.25, -0.2) is 0 Å². The zero-order valence-electron chi connectivity index (χ0n) is 17.4. The molecule has 0 saturated heterocycles. The summed E-state index contributed by atoms with van der Waals surface area (Å²) in [5.74, 6) is 0.899. The summed E-state index contributed by atoms with van der Waals surface area (Å²) in [5.41, 5.74) is 4.91. The van der Waals surface area contributed by atoms with Gasteiger partial charge in [0.05, 0.1) is 7.11 Å². The van der Waals surface area contributed by atoms with E-state index in [1.54, 1.807) is 7.11 Å². The Morgan fingerprint density at radius 2 is 1.74 bits per heavy atom. The van der Waals surface area contributed by atoms with Crippen LogP contribution < -0.4 is 15.4 Å². The van der Waals surface area contributed by atoms with E-state index in [1.165, 1.54) is 11.3 Å². The van der Waals surface area contributed by atoms with Crippen molar-refractivity contribution in [2.45, 2.75) is 46.0 Å². The van der Waals surface area contributed by atoms with Crippen molar-refractivity contribution < 1.29 is 4.74 Å². The van der Waals surface area contributed by atoms with Crippen LogP contribution in [0.25, 0.3) is 6.08 Å². The third-order valence-electron chi connectivity index (χ3n) is 5.21. The van der Waals surface area contributed by atoms with E-state index in [0.717, 1.165) is 42.9 Å². The second-order valence-electron chi connectivity index (χ2n) is 7.08. The van der Waals surface area contributed by atoms with Crippen molar-refractivity contribution in [1.82, 2.24) is 0 Å². The summed E-state index contributed by atoms with van der Waals surface area (Å²) in [6.07, 6.45) is 6.51. The van der Waals surface area contributed by atoms with Crippen LogP contribution in [0.1, 0.15) is 51.7 Å². The van der Waals surface area contributed by atoms with Gasteiger partial charge in [-0.1, -0.05) is 44.2 Å². The van der Waals surface area contributed by atoms with Gasteiger partial charge in [-0.2, -0.15) is 0 Å². The largest absolute Gasteiger partial charge is 0.496 e. The van der Waals surface area contributed by atoms with Crippen LogP contribution in [0.5, 0.6) is 5.75 Å². The van der Waals surface area contributed by atoms with E-state index in [9.17, 15) is 0 Å². The van der Waals surface area contributed by atoms with Crippen LogP contribution in [-0.2, 0) is 5.41 Å². The zero-order chi connectivity index (χ0) is 19.7. The number of benzene rings is 2. The van der Waals surface area contributed by atoms with Gasteiger partial charge < -0.3 is 15.4 Å². The average Bonchev–Trinajstić information content (AvgIpc) is 2.69. The topological polar surface area (TPSA) is 33.3 Å². The number of nitrogens with one attached hydrogen (secondary N) is 2. The second-order valence-corrected chi connectivity index (χ2v) is 7.08. The fourth-order valence-corrected chi connectivity index (χ4v) is 3.41. The third-order valence-corrected chi connectivity index (χ3v) is 5.21. The Morgan fingerprint density at radius 1 is 1.00 bits per heavy atom. The molecule has 27 heavy (non-hydrogen) atoms. The molecule has 0 aliphatic carbocycles. The van der Waals surface area contributed by atoms with E-state index in [-0.39, 0.29) is 5.41 Å². The number of methoxy groups -OCH3 is 1. The van der Waals surface area contributed by atoms with Gasteiger partial charge in [0.15, 0.2) is 0 Å². The molecule has 0 aliphatic heterocycles. The highest BCUT2D eigenvalue weighted by atomic mass is 16.5. The molecule has 0 radical (unpaired) electrons. The molecular formula is C24H34N2O. The summed E-state index contributed by atoms with van der Waals surface area (Å²) >= 11 is 0. The SMILES string of the molecule is CCNc1ccc(/C=C/CC(C)(CC)c2ccccc2NCC)c(OC)c1. The van der Waals surface area contributed by atoms with Gasteiger partial charge in [0.25, 0.3) is 0 Å². The lowest BCUT2D eigenvalue weighted by Crippen LogP contribution is -2.22. The van der Waals surface area contributed by atoms with Crippen molar-refractivity contribution in [3.8, 4) is 5.75 Å². The summed E-state index contributed by atoms with van der Waals surface area (Å²) in [6, 6.07) is 14.9. The summed E-state index contributed by atoms with van der Waals surface area (Å²) in [7, 11) is 1.73. The maximum absolute atomic E-state index is 5.58. The molecule has 0 fully saturated rings. The van der Waals surface area contributed by atoms with E-state index < -0.39 is 0 Å². The van der Waals surface area contributed by atoms with Gasteiger partial charge in [-0.3, -0.25) is 0 Å². The molecule has 0 spiro atoms. The van der Waals surface area contributed by atoms with E-state index >= 15 is 0 Å². The van der Waals surface area contributed by atoms with E-state index in [1.807, 2.05) is 0 Å². The average molecular weight is 367 g/mol. The Labute approximate surface area is 164 Å². The number of para-hydroxylation sites is 1. The Morgan fingerprint density at radius 3 is 2.41 bits per heavy atom. The van der Waals surface area contributed by atoms with E-state index in [4.69, 9.17) is 4.74 Å². The van der Waals surface area contributed by atoms with Crippen molar-refractivity contribution in [3.05, 3.63) is 59.7 Å². The lowest BCUT2D eigenvalue weighted by molar-refractivity contribution is 0.414. The third kappa shape index (κ3) is 5.29. The molecule has 1 unspecified atom stereocenters. The van der Waals surface area contributed by atoms with Gasteiger partial charge in [0.1, 0.15) is 5.75 Å². The Bertz CT molecular complexity index is 754. The second kappa shape index (κ2) is 10.1. The fraction of sp³-hybridized carbons (Fsp3) is 0.417. The van der Waals surface area contributed by atoms with Crippen molar-refractivity contribution in [2.24, 2.45) is 0 Å². The Hall–Kier alpha value is -2.42. The van der Waals surface area contributed by atoms with Crippen molar-refractivity contribution in [3.63, 3.8) is 0 Å². The van der Waals surface area contributed by atoms with Gasteiger partial charge in [0.2, 0.25) is 0 Å². The number of ether oxygens (including phenoxy) is 1. The highest BCUT2D eigenvalue weighted by molar-refractivity contribution is 5.63. The molecule has 0 heterocycles. The molecular weight excluding hydrogens is 332 g/mol. The van der Waals surface area contributed by atoms with Crippen LogP contribution in [0, 0.1) is 0 Å². The number of hydrogen-bond donors (Lipinski definition) is 2. The maximum Gasteiger partial charge on any atom is 0.128 e. The van der Waals surface area contributed by atoms with Crippen LogP contribution in [-0.4, -0.2) is 20.2 Å². The lowest BCUT2D eigenvalue weighted by atomic mass is 9.76. The first kappa shape index (κ1) is 20.9. The number of allylic oxidation sites excluding steroid dienone is 1. The number of anilines is 2. The van der Waals surface area contributed by atoms with Crippen LogP contribution in [0.2, 0.25) is 0 Å². The van der Waals surface area contributed by atoms with Crippen LogP contribution >= 0.6 is 0 Å². The minimum Gasteiger partial charge on any atom is -0.496 e. The fourth-order valence-electron chi connectivity index (χ4n) is 3.41. The molecule has 1 atom stereocenters. The molecule has 0 bridgehead atoms. The first-order valence-corrected chi connectivity index (χ1v) is 9.99. The smallest absolute Gasteiger partial charge is 0.128 e. The molecule has 0 aliphatic rings. The molecule has 0 aromatic heterocycles. The monoisotopic (exact) mass is 366 g/mol. The highest BCUT2D eigenvalue weighted by Gasteiger charge is 2.25. The van der Waals surface area contributed by atoms with Crippen molar-refractivity contribution in [2.75, 3.05) is 30.8 Å². The quantitative estimate of drug-likeness (QED) is 0.515. The van der Waals surface area contributed by atoms with Crippen LogP contribution in [0.15, 0.2) is 48.5 Å². The maximum atomic E-state index is 5.58. The lowest BCUT2D eigenvalue weighted by Gasteiger charge is -2.30. The van der Waals surface area contributed by atoms with E-state index in [2.05, 4.69) is 92.9 Å². The summed E-state index contributed by atoms with van der Waals surface area (Å²) in [4.78, 5) is 0. The Kier molecular flexibility index (Phi) is 7.78. The molecule has 2 aromatic carbocycles. The molecule has 0 saturated carbocycles. The minimum atomic E-state index is 0.0895. The molecule has 2 aromatic rings. The van der Waals surface area contributed by atoms with Gasteiger partial charge >= 0.3 is 0 Å². The molecule has 2 N–H and O–H groups in total.